The predicted molar refractivity (Wildman–Crippen MR) is 182 cm³/mol. The number of amides is 1. The molecule has 4 aromatic rings. The van der Waals surface area contributed by atoms with E-state index in [0.29, 0.717) is 30.6 Å². The molecule has 2 aromatic carbocycles. The lowest BCUT2D eigenvalue weighted by Crippen LogP contribution is -2.45. The first-order chi connectivity index (χ1) is 21.3. The molecule has 1 amide bonds. The van der Waals surface area contributed by atoms with Crippen LogP contribution >= 0.6 is 23.2 Å². The molecule has 44 heavy (non-hydrogen) atoms. The molecule has 8 heteroatoms. The summed E-state index contributed by atoms with van der Waals surface area (Å²) in [5.41, 5.74) is 3.86. The van der Waals surface area contributed by atoms with Gasteiger partial charge in [0.25, 0.3) is 5.91 Å². The summed E-state index contributed by atoms with van der Waals surface area (Å²) >= 11 is 12.6. The lowest BCUT2D eigenvalue weighted by Gasteiger charge is -2.42. The minimum absolute atomic E-state index is 0.0482. The first-order valence-electron chi connectivity index (χ1n) is 15.9. The summed E-state index contributed by atoms with van der Waals surface area (Å²) in [6.07, 6.45) is 12.1. The van der Waals surface area contributed by atoms with Crippen molar-refractivity contribution in [1.82, 2.24) is 19.4 Å². The van der Waals surface area contributed by atoms with Gasteiger partial charge in [0.15, 0.2) is 0 Å². The van der Waals surface area contributed by atoms with Crippen LogP contribution in [-0.2, 0) is 5.41 Å². The Morgan fingerprint density at radius 3 is 2.43 bits per heavy atom. The SMILES string of the molecule is CCCC(C)CC(CC=NCCC1(c2ccccc2)CCN(C(=O)c2c(Cl)cncc2Cl)CC1)n1c(C)nc2ccccc21. The van der Waals surface area contributed by atoms with Crippen LogP contribution in [0.5, 0.6) is 0 Å². The van der Waals surface area contributed by atoms with Crippen molar-refractivity contribution in [2.24, 2.45) is 10.9 Å². The van der Waals surface area contributed by atoms with Crippen molar-refractivity contribution in [2.45, 2.75) is 77.2 Å². The normalized spacial score (nSPS) is 16.4. The molecular weight excluding hydrogens is 589 g/mol. The van der Waals surface area contributed by atoms with Gasteiger partial charge in [-0.3, -0.25) is 14.8 Å². The van der Waals surface area contributed by atoms with Gasteiger partial charge >= 0.3 is 0 Å². The Labute approximate surface area is 271 Å². The number of rotatable bonds is 12. The quantitative estimate of drug-likeness (QED) is 0.146. The smallest absolute Gasteiger partial charge is 0.257 e. The van der Waals surface area contributed by atoms with Gasteiger partial charge in [-0.15, -0.1) is 0 Å². The summed E-state index contributed by atoms with van der Waals surface area (Å²) in [6.45, 7) is 8.75. The van der Waals surface area contributed by atoms with Gasteiger partial charge < -0.3 is 9.47 Å². The summed E-state index contributed by atoms with van der Waals surface area (Å²) in [4.78, 5) is 29.1. The molecule has 232 valence electrons. The number of hydrogen-bond donors (Lipinski definition) is 0. The zero-order valence-electron chi connectivity index (χ0n) is 26.1. The molecule has 2 atom stereocenters. The van der Waals surface area contributed by atoms with Crippen molar-refractivity contribution >= 4 is 46.4 Å². The molecule has 1 aliphatic rings. The number of hydrogen-bond acceptors (Lipinski definition) is 4. The van der Waals surface area contributed by atoms with Gasteiger partial charge in [0, 0.05) is 56.1 Å². The van der Waals surface area contributed by atoms with Crippen LogP contribution in [0.4, 0.5) is 0 Å². The summed E-state index contributed by atoms with van der Waals surface area (Å²) in [6, 6.07) is 19.5. The average Bonchev–Trinajstić information content (AvgIpc) is 3.36. The number of carbonyl (C=O) groups is 1. The van der Waals surface area contributed by atoms with Gasteiger partial charge in [0.1, 0.15) is 5.82 Å². The summed E-state index contributed by atoms with van der Waals surface area (Å²) in [5, 5.41) is 0.580. The number of fused-ring (bicyclic) bond motifs is 1. The molecule has 3 heterocycles. The number of piperidine rings is 1. The number of aliphatic imine (C=N–C) groups is 1. The fraction of sp³-hybridized carbons (Fsp3) is 0.444. The molecule has 1 aliphatic heterocycles. The van der Waals surface area contributed by atoms with Crippen molar-refractivity contribution < 1.29 is 4.79 Å². The van der Waals surface area contributed by atoms with Gasteiger partial charge in [-0.25, -0.2) is 4.98 Å². The Bertz CT molecular complexity index is 1560. The highest BCUT2D eigenvalue weighted by Crippen LogP contribution is 2.40. The highest BCUT2D eigenvalue weighted by atomic mass is 35.5. The van der Waals surface area contributed by atoms with Crippen LogP contribution in [0.1, 0.15) is 86.6 Å². The van der Waals surface area contributed by atoms with Crippen molar-refractivity contribution in [2.75, 3.05) is 19.6 Å². The van der Waals surface area contributed by atoms with Crippen LogP contribution in [0, 0.1) is 12.8 Å². The number of benzene rings is 2. The number of likely N-dealkylation sites (tertiary alicyclic amines) is 1. The standard InChI is InChI=1S/C36H43Cl2N5O/c1-4-10-26(2)23-29(43-27(3)41-32-13-8-9-14-33(32)43)15-19-39-20-16-36(28-11-6-5-7-12-28)17-21-42(22-18-36)35(44)34-30(37)24-40-25-31(34)38/h5-9,11-14,19,24-26,29H,4,10,15-18,20-23H2,1-3H3. The molecule has 5 rings (SSSR count). The molecule has 1 saturated heterocycles. The number of para-hydroxylation sites is 2. The number of carbonyl (C=O) groups excluding carboxylic acids is 1. The van der Waals surface area contributed by atoms with Crippen LogP contribution in [-0.4, -0.2) is 51.2 Å². The molecule has 0 bridgehead atoms. The first-order valence-corrected chi connectivity index (χ1v) is 16.6. The largest absolute Gasteiger partial charge is 0.338 e. The lowest BCUT2D eigenvalue weighted by molar-refractivity contribution is 0.0661. The monoisotopic (exact) mass is 631 g/mol. The fourth-order valence-corrected chi connectivity index (χ4v) is 7.49. The van der Waals surface area contributed by atoms with E-state index in [4.69, 9.17) is 33.2 Å². The molecule has 0 saturated carbocycles. The predicted octanol–water partition coefficient (Wildman–Crippen LogP) is 9.14. The zero-order chi connectivity index (χ0) is 31.1. The van der Waals surface area contributed by atoms with Crippen LogP contribution in [0.15, 0.2) is 72.0 Å². The molecule has 2 unspecified atom stereocenters. The number of aryl methyl sites for hydroxylation is 1. The zero-order valence-corrected chi connectivity index (χ0v) is 27.6. The minimum Gasteiger partial charge on any atom is -0.338 e. The van der Waals surface area contributed by atoms with E-state index >= 15 is 0 Å². The van der Waals surface area contributed by atoms with E-state index in [2.05, 4.69) is 91.1 Å². The minimum atomic E-state index is -0.132. The Morgan fingerprint density at radius 2 is 1.73 bits per heavy atom. The lowest BCUT2D eigenvalue weighted by atomic mass is 9.70. The van der Waals surface area contributed by atoms with Gasteiger partial charge in [-0.2, -0.15) is 0 Å². The summed E-state index contributed by atoms with van der Waals surface area (Å²) in [5.74, 6) is 1.56. The van der Waals surface area contributed by atoms with Crippen LogP contribution in [0.25, 0.3) is 11.0 Å². The van der Waals surface area contributed by atoms with Crippen molar-refractivity contribution in [3.63, 3.8) is 0 Å². The van der Waals surface area contributed by atoms with Gasteiger partial charge in [-0.05, 0) is 56.2 Å². The molecular formula is C36H43Cl2N5O. The van der Waals surface area contributed by atoms with E-state index in [9.17, 15) is 4.79 Å². The number of imidazole rings is 1. The highest BCUT2D eigenvalue weighted by Gasteiger charge is 2.37. The first kappa shape index (κ1) is 32.2. The second-order valence-electron chi connectivity index (χ2n) is 12.3. The summed E-state index contributed by atoms with van der Waals surface area (Å²) in [7, 11) is 0. The van der Waals surface area contributed by atoms with E-state index < -0.39 is 0 Å². The average molecular weight is 633 g/mol. The third kappa shape index (κ3) is 7.18. The molecule has 2 aromatic heterocycles. The van der Waals surface area contributed by atoms with Crippen LogP contribution in [0.3, 0.4) is 0 Å². The topological polar surface area (TPSA) is 63.4 Å². The van der Waals surface area contributed by atoms with E-state index in [0.717, 1.165) is 50.0 Å². The maximum Gasteiger partial charge on any atom is 0.257 e. The maximum absolute atomic E-state index is 13.4. The molecule has 0 radical (unpaired) electrons. The second-order valence-corrected chi connectivity index (χ2v) is 13.1. The number of pyridine rings is 1. The van der Waals surface area contributed by atoms with Crippen molar-refractivity contribution in [3.05, 3.63) is 94.0 Å². The van der Waals surface area contributed by atoms with Gasteiger partial charge in [0.05, 0.1) is 26.6 Å². The van der Waals surface area contributed by atoms with E-state index in [1.807, 2.05) is 4.90 Å². The fourth-order valence-electron chi connectivity index (χ4n) is 6.96. The number of halogens is 2. The van der Waals surface area contributed by atoms with Crippen LogP contribution in [0.2, 0.25) is 10.0 Å². The Hall–Kier alpha value is -3.22. The molecule has 0 spiro atoms. The van der Waals surface area contributed by atoms with Crippen molar-refractivity contribution in [3.8, 4) is 0 Å². The van der Waals surface area contributed by atoms with E-state index in [1.54, 1.807) is 0 Å². The van der Waals surface area contributed by atoms with Gasteiger partial charge in [0.2, 0.25) is 0 Å². The number of nitrogens with zero attached hydrogens (tertiary/aromatic N) is 5. The van der Waals surface area contributed by atoms with Crippen molar-refractivity contribution in [1.29, 1.82) is 0 Å². The molecule has 0 N–H and O–H groups in total. The van der Waals surface area contributed by atoms with E-state index in [1.165, 1.54) is 36.3 Å². The highest BCUT2D eigenvalue weighted by molar-refractivity contribution is 6.39. The Balaban J connectivity index is 1.28. The van der Waals surface area contributed by atoms with Gasteiger partial charge in [-0.1, -0.05) is 92.4 Å². The van der Waals surface area contributed by atoms with Crippen LogP contribution < -0.4 is 0 Å². The Morgan fingerprint density at radius 1 is 1.05 bits per heavy atom. The molecule has 0 aliphatic carbocycles. The molecule has 1 fully saturated rings. The Kier molecular flexibility index (Phi) is 10.8. The third-order valence-corrected chi connectivity index (χ3v) is 9.85. The number of aromatic nitrogens is 3. The second kappa shape index (κ2) is 14.7. The van der Waals surface area contributed by atoms with E-state index in [-0.39, 0.29) is 21.4 Å². The maximum atomic E-state index is 13.4. The third-order valence-electron chi connectivity index (χ3n) is 9.28. The molecule has 6 nitrogen and oxygen atoms in total. The summed E-state index contributed by atoms with van der Waals surface area (Å²) < 4.78 is 2.42.